The first kappa shape index (κ1) is 26.0. The van der Waals surface area contributed by atoms with Gasteiger partial charge in [-0.3, -0.25) is 9.80 Å². The Labute approximate surface area is 222 Å². The second-order valence-corrected chi connectivity index (χ2v) is 12.1. The van der Waals surface area contributed by atoms with Gasteiger partial charge in [0.05, 0.1) is 38.0 Å². The van der Waals surface area contributed by atoms with Gasteiger partial charge in [0.15, 0.2) is 0 Å². The Balaban J connectivity index is 0.000000152. The fourth-order valence-corrected chi connectivity index (χ4v) is 6.53. The van der Waals surface area contributed by atoms with E-state index in [1.54, 1.807) is 14.2 Å². The number of ether oxygens (including phenoxy) is 2. The molecule has 8 heteroatoms. The molecule has 202 valence electrons. The van der Waals surface area contributed by atoms with Crippen molar-refractivity contribution >= 4 is 11.4 Å². The van der Waals surface area contributed by atoms with E-state index in [4.69, 9.17) is 9.47 Å². The van der Waals surface area contributed by atoms with E-state index in [2.05, 4.69) is 76.3 Å². The molecule has 4 unspecified atom stereocenters. The summed E-state index contributed by atoms with van der Waals surface area (Å²) in [7, 11) is 3.31. The van der Waals surface area contributed by atoms with Crippen LogP contribution in [0.15, 0.2) is 36.7 Å². The van der Waals surface area contributed by atoms with Gasteiger partial charge in [0.1, 0.15) is 0 Å². The van der Waals surface area contributed by atoms with Gasteiger partial charge in [-0.05, 0) is 59.6 Å². The van der Waals surface area contributed by atoms with Crippen molar-refractivity contribution in [2.45, 2.75) is 83.2 Å². The summed E-state index contributed by atoms with van der Waals surface area (Å²) < 4.78 is 10.2. The molecular weight excluding hydrogens is 464 g/mol. The highest BCUT2D eigenvalue weighted by Crippen LogP contribution is 2.39. The number of pyridine rings is 2. The van der Waals surface area contributed by atoms with Gasteiger partial charge < -0.3 is 19.3 Å². The smallest absolute Gasteiger partial charge is 0.213 e. The fourth-order valence-electron chi connectivity index (χ4n) is 6.53. The Hall–Kier alpha value is -2.58. The van der Waals surface area contributed by atoms with Crippen LogP contribution in [0.5, 0.6) is 11.8 Å². The van der Waals surface area contributed by atoms with Crippen LogP contribution in [0.1, 0.15) is 47.5 Å². The lowest BCUT2D eigenvalue weighted by atomic mass is 9.84. The number of anilines is 2. The third-order valence-electron chi connectivity index (χ3n) is 8.58. The Kier molecular flexibility index (Phi) is 7.24. The molecule has 2 aromatic rings. The maximum Gasteiger partial charge on any atom is 0.213 e. The molecule has 4 bridgehead atoms. The molecule has 2 aromatic heterocycles. The van der Waals surface area contributed by atoms with Crippen LogP contribution in [0.3, 0.4) is 0 Å². The lowest BCUT2D eigenvalue weighted by Crippen LogP contribution is -2.71. The summed E-state index contributed by atoms with van der Waals surface area (Å²) in [6.45, 7) is 16.1. The minimum Gasteiger partial charge on any atom is -0.481 e. The van der Waals surface area contributed by atoms with Crippen LogP contribution in [-0.2, 0) is 0 Å². The average Bonchev–Trinajstić information content (AvgIpc) is 3.51. The molecule has 0 radical (unpaired) electrons. The zero-order valence-corrected chi connectivity index (χ0v) is 23.6. The van der Waals surface area contributed by atoms with Crippen molar-refractivity contribution in [1.29, 1.82) is 0 Å². The molecule has 0 amide bonds. The zero-order valence-electron chi connectivity index (χ0n) is 23.6. The molecule has 4 saturated heterocycles. The van der Waals surface area contributed by atoms with Crippen molar-refractivity contribution in [2.24, 2.45) is 0 Å². The molecular formula is C29H44N6O2. The van der Waals surface area contributed by atoms with Crippen molar-refractivity contribution in [3.8, 4) is 11.8 Å². The van der Waals surface area contributed by atoms with Crippen molar-refractivity contribution in [1.82, 2.24) is 19.8 Å². The summed E-state index contributed by atoms with van der Waals surface area (Å²) in [6, 6.07) is 11.5. The number of rotatable bonds is 5. The molecule has 6 rings (SSSR count). The SMILES string of the molecule is COc1ccc(N2C3CC2CN(C(C)(C)C)C3)cn1.COc1ccc(N2CC3CC2CN3C(C)C)cn1. The minimum absolute atomic E-state index is 0.279. The number of piperazine rings is 2. The Morgan fingerprint density at radius 1 is 0.757 bits per heavy atom. The number of hydrogen-bond donors (Lipinski definition) is 0. The van der Waals surface area contributed by atoms with Gasteiger partial charge in [-0.2, -0.15) is 0 Å². The highest BCUT2D eigenvalue weighted by Gasteiger charge is 2.47. The van der Waals surface area contributed by atoms with Crippen molar-refractivity contribution in [3.63, 3.8) is 0 Å². The number of fused-ring (bicyclic) bond motifs is 4. The summed E-state index contributed by atoms with van der Waals surface area (Å²) in [6.07, 6.45) is 6.48. The van der Waals surface area contributed by atoms with Gasteiger partial charge in [0.25, 0.3) is 0 Å². The van der Waals surface area contributed by atoms with Crippen LogP contribution in [-0.4, -0.2) is 95.9 Å². The molecule has 4 atom stereocenters. The Morgan fingerprint density at radius 3 is 1.76 bits per heavy atom. The van der Waals surface area contributed by atoms with Crippen molar-refractivity contribution in [2.75, 3.05) is 50.2 Å². The van der Waals surface area contributed by atoms with E-state index in [0.29, 0.717) is 35.9 Å². The summed E-state index contributed by atoms with van der Waals surface area (Å²) >= 11 is 0. The molecule has 0 N–H and O–H groups in total. The van der Waals surface area contributed by atoms with Crippen LogP contribution >= 0.6 is 0 Å². The number of methoxy groups -OCH3 is 2. The molecule has 4 aliphatic rings. The topological polar surface area (TPSA) is 57.2 Å². The van der Waals surface area contributed by atoms with E-state index in [9.17, 15) is 0 Å². The third kappa shape index (κ3) is 5.23. The fraction of sp³-hybridized carbons (Fsp3) is 0.655. The number of aromatic nitrogens is 2. The van der Waals surface area contributed by atoms with E-state index >= 15 is 0 Å². The first-order valence-corrected chi connectivity index (χ1v) is 13.7. The molecule has 6 heterocycles. The Morgan fingerprint density at radius 2 is 1.32 bits per heavy atom. The molecule has 0 aliphatic carbocycles. The van der Waals surface area contributed by atoms with Crippen LogP contribution < -0.4 is 19.3 Å². The molecule has 4 fully saturated rings. The van der Waals surface area contributed by atoms with Gasteiger partial charge >= 0.3 is 0 Å². The minimum atomic E-state index is 0.279. The highest BCUT2D eigenvalue weighted by molar-refractivity contribution is 5.52. The number of hydrogen-bond acceptors (Lipinski definition) is 8. The van der Waals surface area contributed by atoms with E-state index in [-0.39, 0.29) is 5.54 Å². The van der Waals surface area contributed by atoms with Gasteiger partial charge in [0, 0.05) is 74.1 Å². The standard InChI is InChI=1S/C15H23N3O.C14H21N3O/c1-15(2,3)17-9-12-7-13(10-17)18(12)11-5-6-14(19-4)16-8-11;1-10(2)16-8-13-6-12(16)9-17(13)11-4-5-14(18-3)15-7-11/h5-6,8,12-13H,7,9-10H2,1-4H3;4-5,7,10,12-13H,6,8-9H2,1-3H3. The third-order valence-corrected chi connectivity index (χ3v) is 8.58. The molecule has 0 saturated carbocycles. The lowest BCUT2D eigenvalue weighted by Gasteiger charge is -2.60. The molecule has 8 nitrogen and oxygen atoms in total. The average molecular weight is 509 g/mol. The van der Waals surface area contributed by atoms with E-state index in [1.807, 2.05) is 24.5 Å². The molecule has 0 aromatic carbocycles. The maximum atomic E-state index is 5.12. The highest BCUT2D eigenvalue weighted by atomic mass is 16.5. The quantitative estimate of drug-likeness (QED) is 0.603. The van der Waals surface area contributed by atoms with E-state index in [0.717, 1.165) is 25.7 Å². The van der Waals surface area contributed by atoms with Crippen LogP contribution in [0.2, 0.25) is 0 Å². The first-order valence-electron chi connectivity index (χ1n) is 13.7. The second kappa shape index (κ2) is 10.3. The number of nitrogens with zero attached hydrogens (tertiary/aromatic N) is 6. The van der Waals surface area contributed by atoms with Gasteiger partial charge in [-0.15, -0.1) is 0 Å². The van der Waals surface area contributed by atoms with Crippen LogP contribution in [0.4, 0.5) is 11.4 Å². The normalized spacial score (nSPS) is 27.1. The number of likely N-dealkylation sites (tertiary alicyclic amines) is 2. The molecule has 37 heavy (non-hydrogen) atoms. The summed E-state index contributed by atoms with van der Waals surface area (Å²) in [4.78, 5) is 18.9. The lowest BCUT2D eigenvalue weighted by molar-refractivity contribution is 0.0415. The molecule has 4 aliphatic heterocycles. The van der Waals surface area contributed by atoms with Gasteiger partial charge in [-0.1, -0.05) is 0 Å². The van der Waals surface area contributed by atoms with Gasteiger partial charge in [0.2, 0.25) is 11.8 Å². The van der Waals surface area contributed by atoms with Crippen LogP contribution in [0.25, 0.3) is 0 Å². The first-order chi connectivity index (χ1) is 17.7. The zero-order chi connectivity index (χ0) is 26.3. The maximum absolute atomic E-state index is 5.12. The van der Waals surface area contributed by atoms with Crippen LogP contribution in [0, 0.1) is 0 Å². The summed E-state index contributed by atoms with van der Waals surface area (Å²) in [5.41, 5.74) is 2.74. The molecule has 0 spiro atoms. The van der Waals surface area contributed by atoms with Gasteiger partial charge in [-0.25, -0.2) is 9.97 Å². The summed E-state index contributed by atoms with van der Waals surface area (Å²) in [5.74, 6) is 1.37. The van der Waals surface area contributed by atoms with E-state index in [1.165, 1.54) is 30.8 Å². The predicted molar refractivity (Wildman–Crippen MR) is 149 cm³/mol. The van der Waals surface area contributed by atoms with Crippen molar-refractivity contribution < 1.29 is 9.47 Å². The second-order valence-electron chi connectivity index (χ2n) is 12.1. The number of piperidine rings is 1. The predicted octanol–water partition coefficient (Wildman–Crippen LogP) is 3.91. The monoisotopic (exact) mass is 508 g/mol. The van der Waals surface area contributed by atoms with Crippen molar-refractivity contribution in [3.05, 3.63) is 36.7 Å². The largest absolute Gasteiger partial charge is 0.481 e. The Bertz CT molecular complexity index is 1030. The summed E-state index contributed by atoms with van der Waals surface area (Å²) in [5, 5.41) is 0. The van der Waals surface area contributed by atoms with E-state index < -0.39 is 0 Å².